The van der Waals surface area contributed by atoms with Gasteiger partial charge in [-0.05, 0) is 26.8 Å². The van der Waals surface area contributed by atoms with Crippen LogP contribution >= 0.6 is 0 Å². The largest absolute Gasteiger partial charge is 0.477 e. The van der Waals surface area contributed by atoms with Gasteiger partial charge in [0, 0.05) is 13.3 Å². The summed E-state index contributed by atoms with van der Waals surface area (Å²) in [5.41, 5.74) is -0.258. The van der Waals surface area contributed by atoms with Gasteiger partial charge in [-0.2, -0.15) is 0 Å². The number of nitrogens with one attached hydrogen (secondary N) is 1. The fourth-order valence-corrected chi connectivity index (χ4v) is 1.43. The van der Waals surface area contributed by atoms with Gasteiger partial charge in [0.05, 0.1) is 5.69 Å². The van der Waals surface area contributed by atoms with Crippen LogP contribution in [0.25, 0.3) is 0 Å². The summed E-state index contributed by atoms with van der Waals surface area (Å²) in [4.78, 5) is 22.6. The highest BCUT2D eigenvalue weighted by atomic mass is 16.6. The van der Waals surface area contributed by atoms with Gasteiger partial charge in [0.2, 0.25) is 0 Å². The summed E-state index contributed by atoms with van der Waals surface area (Å²) in [5, 5.41) is 11.5. The van der Waals surface area contributed by atoms with Crippen LogP contribution < -0.4 is 5.32 Å². The monoisotopic (exact) mass is 270 g/mol. The molecule has 0 fully saturated rings. The van der Waals surface area contributed by atoms with Crippen molar-refractivity contribution in [3.8, 4) is 0 Å². The van der Waals surface area contributed by atoms with Crippen molar-refractivity contribution in [1.82, 2.24) is 4.57 Å². The first-order valence-corrected chi connectivity index (χ1v) is 5.65. The molecule has 1 aromatic heterocycles. The molecule has 0 saturated carbocycles. The van der Waals surface area contributed by atoms with Gasteiger partial charge in [-0.15, -0.1) is 0 Å². The molecule has 106 valence electrons. The van der Waals surface area contributed by atoms with Crippen LogP contribution in [0.15, 0.2) is 12.3 Å². The van der Waals surface area contributed by atoms with Crippen LogP contribution in [-0.2, 0) is 16.2 Å². The molecule has 0 saturated heterocycles. The number of aromatic nitrogens is 1. The molecule has 7 heteroatoms. The number of hydrogen-bond donors (Lipinski definition) is 2. The molecule has 0 unspecified atom stereocenters. The highest BCUT2D eigenvalue weighted by Gasteiger charge is 2.18. The molecule has 0 aliphatic heterocycles. The van der Waals surface area contributed by atoms with Crippen LogP contribution in [0.2, 0.25) is 0 Å². The van der Waals surface area contributed by atoms with Gasteiger partial charge in [0.25, 0.3) is 0 Å². The molecule has 0 spiro atoms. The molecular weight excluding hydrogens is 252 g/mol. The average Bonchev–Trinajstić information content (AvgIpc) is 2.58. The van der Waals surface area contributed by atoms with E-state index in [1.165, 1.54) is 23.9 Å². The van der Waals surface area contributed by atoms with Crippen molar-refractivity contribution < 1.29 is 24.2 Å². The minimum atomic E-state index is -1.10. The third kappa shape index (κ3) is 4.63. The maximum Gasteiger partial charge on any atom is 0.412 e. The van der Waals surface area contributed by atoms with Crippen LogP contribution in [0.5, 0.6) is 0 Å². The number of ether oxygens (including phenoxy) is 2. The van der Waals surface area contributed by atoms with Crippen molar-refractivity contribution in [2.75, 3.05) is 12.4 Å². The highest BCUT2D eigenvalue weighted by Crippen LogP contribution is 2.16. The smallest absolute Gasteiger partial charge is 0.412 e. The fourth-order valence-electron chi connectivity index (χ4n) is 1.43. The number of rotatable bonds is 4. The molecule has 1 amide bonds. The Balaban J connectivity index is 2.82. The van der Waals surface area contributed by atoms with Crippen molar-refractivity contribution in [2.24, 2.45) is 0 Å². The molecule has 2 N–H and O–H groups in total. The third-order valence-electron chi connectivity index (χ3n) is 2.03. The number of nitrogens with zero attached hydrogens (tertiary/aromatic N) is 1. The Bertz CT molecular complexity index is 473. The van der Waals surface area contributed by atoms with E-state index in [9.17, 15) is 9.59 Å². The second-order valence-electron chi connectivity index (χ2n) is 4.93. The van der Waals surface area contributed by atoms with Gasteiger partial charge in [0.15, 0.2) is 0 Å². The fraction of sp³-hybridized carbons (Fsp3) is 0.500. The Morgan fingerprint density at radius 1 is 1.42 bits per heavy atom. The molecule has 1 aromatic rings. The number of anilines is 1. The van der Waals surface area contributed by atoms with Crippen molar-refractivity contribution in [3.05, 3.63) is 18.0 Å². The number of carbonyl (C=O) groups is 2. The van der Waals surface area contributed by atoms with Gasteiger partial charge < -0.3 is 19.1 Å². The van der Waals surface area contributed by atoms with Crippen LogP contribution in [0.1, 0.15) is 31.3 Å². The summed E-state index contributed by atoms with van der Waals surface area (Å²) >= 11 is 0. The van der Waals surface area contributed by atoms with E-state index >= 15 is 0 Å². The maximum atomic E-state index is 11.6. The van der Waals surface area contributed by atoms with Gasteiger partial charge in [-0.3, -0.25) is 5.32 Å². The van der Waals surface area contributed by atoms with Crippen molar-refractivity contribution in [1.29, 1.82) is 0 Å². The van der Waals surface area contributed by atoms with E-state index in [1.54, 1.807) is 20.8 Å². The zero-order chi connectivity index (χ0) is 14.6. The molecule has 0 aliphatic carbocycles. The predicted molar refractivity (Wildman–Crippen MR) is 68.3 cm³/mol. The Morgan fingerprint density at radius 3 is 2.53 bits per heavy atom. The quantitative estimate of drug-likeness (QED) is 0.874. The molecule has 7 nitrogen and oxygen atoms in total. The summed E-state index contributed by atoms with van der Waals surface area (Å²) in [6, 6.07) is 1.34. The van der Waals surface area contributed by atoms with Gasteiger partial charge in [-0.25, -0.2) is 9.59 Å². The zero-order valence-corrected chi connectivity index (χ0v) is 11.4. The number of carboxylic acids is 1. The van der Waals surface area contributed by atoms with E-state index in [-0.39, 0.29) is 12.4 Å². The molecule has 1 rings (SSSR count). The molecule has 0 radical (unpaired) electrons. The summed E-state index contributed by atoms with van der Waals surface area (Å²) in [5.74, 6) is -1.10. The molecule has 0 aliphatic rings. The van der Waals surface area contributed by atoms with E-state index in [1.807, 2.05) is 0 Å². The topological polar surface area (TPSA) is 89.8 Å². The van der Waals surface area contributed by atoms with E-state index in [0.29, 0.717) is 5.69 Å². The lowest BCUT2D eigenvalue weighted by Crippen LogP contribution is -2.27. The molecule has 19 heavy (non-hydrogen) atoms. The van der Waals surface area contributed by atoms with E-state index in [2.05, 4.69) is 5.32 Å². The third-order valence-corrected chi connectivity index (χ3v) is 2.03. The van der Waals surface area contributed by atoms with Crippen LogP contribution in [0.4, 0.5) is 10.5 Å². The van der Waals surface area contributed by atoms with Gasteiger partial charge >= 0.3 is 12.1 Å². The Labute approximate surface area is 111 Å². The Hall–Kier alpha value is -2.02. The number of hydrogen-bond acceptors (Lipinski definition) is 4. The van der Waals surface area contributed by atoms with Crippen molar-refractivity contribution >= 4 is 17.7 Å². The van der Waals surface area contributed by atoms with Crippen LogP contribution in [-0.4, -0.2) is 34.4 Å². The second kappa shape index (κ2) is 5.75. The van der Waals surface area contributed by atoms with E-state index in [4.69, 9.17) is 14.6 Å². The maximum absolute atomic E-state index is 11.6. The van der Waals surface area contributed by atoms with E-state index in [0.717, 1.165) is 0 Å². The molecule has 0 aromatic carbocycles. The molecule has 0 bridgehead atoms. The predicted octanol–water partition coefficient (Wildman–Crippen LogP) is 2.14. The molecule has 0 atom stereocenters. The van der Waals surface area contributed by atoms with Gasteiger partial charge in [0.1, 0.15) is 18.0 Å². The van der Waals surface area contributed by atoms with Crippen molar-refractivity contribution in [3.63, 3.8) is 0 Å². The number of carbonyl (C=O) groups excluding carboxylic acids is 1. The Morgan fingerprint density at radius 2 is 2.05 bits per heavy atom. The van der Waals surface area contributed by atoms with Crippen LogP contribution in [0.3, 0.4) is 0 Å². The van der Waals surface area contributed by atoms with Gasteiger partial charge in [-0.1, -0.05) is 0 Å². The second-order valence-corrected chi connectivity index (χ2v) is 4.93. The van der Waals surface area contributed by atoms with Crippen LogP contribution in [0, 0.1) is 0 Å². The lowest BCUT2D eigenvalue weighted by Gasteiger charge is -2.19. The average molecular weight is 270 g/mol. The highest BCUT2D eigenvalue weighted by molar-refractivity contribution is 5.90. The number of methoxy groups -OCH3 is 1. The normalized spacial score (nSPS) is 11.2. The number of carboxylic acid groups (broad SMARTS) is 1. The first kappa shape index (κ1) is 15.0. The number of amides is 1. The molecule has 1 heterocycles. The summed E-state index contributed by atoms with van der Waals surface area (Å²) < 4.78 is 11.3. The lowest BCUT2D eigenvalue weighted by molar-refractivity contribution is 0.0632. The molecular formula is C12H18N2O5. The van der Waals surface area contributed by atoms with E-state index < -0.39 is 17.7 Å². The summed E-state index contributed by atoms with van der Waals surface area (Å²) in [7, 11) is 1.45. The minimum Gasteiger partial charge on any atom is -0.477 e. The Kier molecular flexibility index (Phi) is 4.55. The first-order valence-electron chi connectivity index (χ1n) is 5.65. The van der Waals surface area contributed by atoms with Crippen molar-refractivity contribution in [2.45, 2.75) is 33.1 Å². The zero-order valence-electron chi connectivity index (χ0n) is 11.4. The standard InChI is InChI=1S/C12H18N2O5/c1-12(2,3)19-11(17)13-8-5-9(10(15)16)14(6-8)7-18-4/h5-6H,7H2,1-4H3,(H,13,17)(H,15,16). The number of aromatic carboxylic acids is 1. The SMILES string of the molecule is COCn1cc(NC(=O)OC(C)(C)C)cc1C(=O)O. The minimum absolute atomic E-state index is 0.0212. The lowest BCUT2D eigenvalue weighted by atomic mass is 10.2. The summed E-state index contributed by atoms with van der Waals surface area (Å²) in [6.45, 7) is 5.31. The summed E-state index contributed by atoms with van der Waals surface area (Å²) in [6.07, 6.45) is 0.829. The first-order chi connectivity index (χ1) is 8.73.